The Hall–Kier alpha value is -6.90. The first-order valence-corrected chi connectivity index (χ1v) is 20.3. The molecule has 2 heteroatoms. The maximum atomic E-state index is 6.66. The third-order valence-electron chi connectivity index (χ3n) is 12.8. The van der Waals surface area contributed by atoms with E-state index in [2.05, 4.69) is 210 Å². The average molecular weight is 747 g/mol. The molecule has 2 nitrogen and oxygen atoms in total. The second-order valence-corrected chi connectivity index (χ2v) is 16.8. The molecule has 58 heavy (non-hydrogen) atoms. The molecule has 278 valence electrons. The molecule has 2 heterocycles. The third kappa shape index (κ3) is 5.11. The van der Waals surface area contributed by atoms with E-state index < -0.39 is 0 Å². The van der Waals surface area contributed by atoms with Crippen LogP contribution in [0.25, 0.3) is 66.1 Å². The molecule has 11 rings (SSSR count). The Morgan fingerprint density at radius 1 is 0.310 bits per heavy atom. The summed E-state index contributed by atoms with van der Waals surface area (Å²) >= 11 is 0. The average Bonchev–Trinajstić information content (AvgIpc) is 3.25. The predicted octanol–water partition coefficient (Wildman–Crippen LogP) is 15.5. The van der Waals surface area contributed by atoms with E-state index >= 15 is 0 Å². The summed E-state index contributed by atoms with van der Waals surface area (Å²) in [7, 11) is 0. The van der Waals surface area contributed by atoms with Gasteiger partial charge in [-0.15, -0.1) is 0 Å². The summed E-state index contributed by atoms with van der Waals surface area (Å²) in [6.07, 6.45) is 0. The van der Waals surface area contributed by atoms with Gasteiger partial charge in [0.2, 0.25) is 0 Å². The topological polar surface area (TPSA) is 18.5 Å². The highest BCUT2D eigenvalue weighted by molar-refractivity contribution is 6.19. The maximum Gasteiger partial charge on any atom is 0.132 e. The smallest absolute Gasteiger partial charge is 0.132 e. The molecule has 2 aliphatic rings. The summed E-state index contributed by atoms with van der Waals surface area (Å²) in [5, 5.41) is 4.85. The minimum atomic E-state index is -0.286. The summed E-state index contributed by atoms with van der Waals surface area (Å²) in [6, 6.07) is 65.9. The SMILES string of the molecule is CC1(C)c2ccccc2Oc2cccc(-c3cccc4c(-c5ccc(-c6ccccc6)cc5)c5cccc(-c6cccc7c6C(C)(C)c6ccccc6O7)c5cc34)c21. The van der Waals surface area contributed by atoms with E-state index in [1.54, 1.807) is 0 Å². The fraction of sp³-hybridized carbons (Fsp3) is 0.107. The van der Waals surface area contributed by atoms with Crippen LogP contribution in [0.2, 0.25) is 0 Å². The quantitative estimate of drug-likeness (QED) is 0.167. The molecule has 0 atom stereocenters. The van der Waals surface area contributed by atoms with E-state index in [0.717, 1.165) is 23.0 Å². The van der Waals surface area contributed by atoms with Crippen LogP contribution in [0.5, 0.6) is 23.0 Å². The van der Waals surface area contributed by atoms with Crippen molar-refractivity contribution in [2.45, 2.75) is 38.5 Å². The Kier molecular flexibility index (Phi) is 7.59. The van der Waals surface area contributed by atoms with E-state index in [1.807, 2.05) is 0 Å². The van der Waals surface area contributed by atoms with Gasteiger partial charge in [-0.2, -0.15) is 0 Å². The molecule has 0 saturated carbocycles. The van der Waals surface area contributed by atoms with E-state index in [1.165, 1.54) is 88.3 Å². The number of benzene rings is 9. The minimum Gasteiger partial charge on any atom is -0.457 e. The van der Waals surface area contributed by atoms with Crippen LogP contribution in [0.1, 0.15) is 49.9 Å². The van der Waals surface area contributed by atoms with E-state index in [4.69, 9.17) is 9.47 Å². The number of fused-ring (bicyclic) bond motifs is 6. The lowest BCUT2D eigenvalue weighted by Crippen LogP contribution is -2.25. The van der Waals surface area contributed by atoms with E-state index in [9.17, 15) is 0 Å². The van der Waals surface area contributed by atoms with Gasteiger partial charge in [0, 0.05) is 33.1 Å². The van der Waals surface area contributed by atoms with E-state index in [0.29, 0.717) is 0 Å². The zero-order chi connectivity index (χ0) is 39.2. The van der Waals surface area contributed by atoms with Crippen molar-refractivity contribution in [1.29, 1.82) is 0 Å². The van der Waals surface area contributed by atoms with Crippen LogP contribution in [0, 0.1) is 0 Å². The number of ether oxygens (including phenoxy) is 2. The summed E-state index contributed by atoms with van der Waals surface area (Å²) in [6.45, 7) is 9.32. The molecule has 0 aliphatic carbocycles. The van der Waals surface area contributed by atoms with Gasteiger partial charge in [0.25, 0.3) is 0 Å². The Morgan fingerprint density at radius 3 is 1.22 bits per heavy atom. The molecule has 0 radical (unpaired) electrons. The van der Waals surface area contributed by atoms with Crippen molar-refractivity contribution in [3.05, 3.63) is 204 Å². The largest absolute Gasteiger partial charge is 0.457 e. The van der Waals surface area contributed by atoms with Gasteiger partial charge in [-0.25, -0.2) is 0 Å². The van der Waals surface area contributed by atoms with Crippen molar-refractivity contribution >= 4 is 21.5 Å². The highest BCUT2D eigenvalue weighted by Gasteiger charge is 2.38. The monoisotopic (exact) mass is 746 g/mol. The molecule has 0 amide bonds. The van der Waals surface area contributed by atoms with Crippen LogP contribution in [0.3, 0.4) is 0 Å². The third-order valence-corrected chi connectivity index (χ3v) is 12.8. The molecule has 0 saturated heterocycles. The van der Waals surface area contributed by atoms with Gasteiger partial charge in [-0.05, 0) is 96.4 Å². The molecular formula is C56H42O2. The first-order valence-electron chi connectivity index (χ1n) is 20.3. The fourth-order valence-electron chi connectivity index (χ4n) is 10.0. The predicted molar refractivity (Wildman–Crippen MR) is 240 cm³/mol. The highest BCUT2D eigenvalue weighted by Crippen LogP contribution is 2.55. The molecule has 9 aromatic carbocycles. The Morgan fingerprint density at radius 2 is 0.707 bits per heavy atom. The molecule has 0 aromatic heterocycles. The van der Waals surface area contributed by atoms with Crippen LogP contribution in [0.4, 0.5) is 0 Å². The van der Waals surface area contributed by atoms with Gasteiger partial charge in [0.05, 0.1) is 0 Å². The molecule has 0 spiro atoms. The zero-order valence-corrected chi connectivity index (χ0v) is 33.1. The molecular weight excluding hydrogens is 705 g/mol. The first kappa shape index (κ1) is 34.4. The van der Waals surface area contributed by atoms with Crippen molar-refractivity contribution in [2.75, 3.05) is 0 Å². The lowest BCUT2D eigenvalue weighted by Gasteiger charge is -2.36. The van der Waals surface area contributed by atoms with Gasteiger partial charge in [0.15, 0.2) is 0 Å². The molecule has 0 unspecified atom stereocenters. The summed E-state index contributed by atoms with van der Waals surface area (Å²) < 4.78 is 13.3. The maximum absolute atomic E-state index is 6.66. The minimum absolute atomic E-state index is 0.286. The standard InChI is InChI=1S/C56H42O2/c1-55(2)46-24-8-10-26-48(46)57-50-28-14-22-42(53(50)55)38-18-12-20-40-44(38)34-45-39(43-23-15-29-51-54(43)56(3,4)47-25-9-11-27-49(47)58-51)19-13-21-41(45)52(40)37-32-30-36(31-33-37)35-16-6-5-7-17-35/h5-34H,1-4H3. The Balaban J connectivity index is 1.21. The fourth-order valence-corrected chi connectivity index (χ4v) is 10.0. The van der Waals surface area contributed by atoms with Gasteiger partial charge in [-0.1, -0.05) is 179 Å². The summed E-state index contributed by atoms with van der Waals surface area (Å²) in [5.41, 5.74) is 13.8. The number of hydrogen-bond donors (Lipinski definition) is 0. The normalized spacial score (nSPS) is 14.4. The molecule has 9 aromatic rings. The second kappa shape index (κ2) is 12.8. The van der Waals surface area contributed by atoms with E-state index in [-0.39, 0.29) is 10.8 Å². The zero-order valence-electron chi connectivity index (χ0n) is 33.1. The van der Waals surface area contributed by atoms with Gasteiger partial charge >= 0.3 is 0 Å². The summed E-state index contributed by atoms with van der Waals surface area (Å²) in [5.74, 6) is 3.67. The highest BCUT2D eigenvalue weighted by atomic mass is 16.5. The van der Waals surface area contributed by atoms with Gasteiger partial charge in [0.1, 0.15) is 23.0 Å². The second-order valence-electron chi connectivity index (χ2n) is 16.8. The lowest BCUT2D eigenvalue weighted by atomic mass is 9.72. The van der Waals surface area contributed by atoms with Crippen LogP contribution >= 0.6 is 0 Å². The molecule has 0 fully saturated rings. The van der Waals surface area contributed by atoms with Gasteiger partial charge < -0.3 is 9.47 Å². The number of hydrogen-bond acceptors (Lipinski definition) is 2. The molecule has 2 aliphatic heterocycles. The lowest BCUT2D eigenvalue weighted by molar-refractivity contribution is 0.418. The van der Waals surface area contributed by atoms with Crippen LogP contribution in [-0.4, -0.2) is 0 Å². The van der Waals surface area contributed by atoms with Crippen molar-refractivity contribution in [3.8, 4) is 67.5 Å². The van der Waals surface area contributed by atoms with Crippen LogP contribution in [-0.2, 0) is 10.8 Å². The number of para-hydroxylation sites is 2. The van der Waals surface area contributed by atoms with Crippen LogP contribution in [0.15, 0.2) is 182 Å². The van der Waals surface area contributed by atoms with Crippen molar-refractivity contribution in [2.24, 2.45) is 0 Å². The van der Waals surface area contributed by atoms with Crippen molar-refractivity contribution in [1.82, 2.24) is 0 Å². The van der Waals surface area contributed by atoms with Crippen LogP contribution < -0.4 is 9.47 Å². The van der Waals surface area contributed by atoms with Crippen molar-refractivity contribution < 1.29 is 9.47 Å². The first-order chi connectivity index (χ1) is 28.3. The Labute approximate surface area is 340 Å². The number of rotatable bonds is 4. The molecule has 0 N–H and O–H groups in total. The molecule has 0 bridgehead atoms. The Bertz CT molecular complexity index is 2930. The van der Waals surface area contributed by atoms with Gasteiger partial charge in [-0.3, -0.25) is 0 Å². The van der Waals surface area contributed by atoms with Crippen molar-refractivity contribution in [3.63, 3.8) is 0 Å². The summed E-state index contributed by atoms with van der Waals surface area (Å²) in [4.78, 5) is 0.